The molecular weight excluding hydrogens is 405 g/mol. The summed E-state index contributed by atoms with van der Waals surface area (Å²) in [7, 11) is 4.49. The molecule has 166 valence electrons. The van der Waals surface area contributed by atoms with Crippen LogP contribution in [0.3, 0.4) is 0 Å². The van der Waals surface area contributed by atoms with Crippen LogP contribution < -0.4 is 25.0 Å². The van der Waals surface area contributed by atoms with E-state index in [0.29, 0.717) is 22.8 Å². The van der Waals surface area contributed by atoms with Crippen LogP contribution in [0, 0.1) is 11.7 Å². The third-order valence-electron chi connectivity index (χ3n) is 4.42. The van der Waals surface area contributed by atoms with Crippen molar-refractivity contribution in [1.82, 2.24) is 10.7 Å². The third-order valence-corrected chi connectivity index (χ3v) is 4.42. The van der Waals surface area contributed by atoms with Gasteiger partial charge in [-0.05, 0) is 42.3 Å². The highest BCUT2D eigenvalue weighted by atomic mass is 19.1. The van der Waals surface area contributed by atoms with Crippen molar-refractivity contribution in [3.05, 3.63) is 53.3 Å². The van der Waals surface area contributed by atoms with E-state index in [9.17, 15) is 14.0 Å². The summed E-state index contributed by atoms with van der Waals surface area (Å²) in [5.41, 5.74) is 3.28. The van der Waals surface area contributed by atoms with E-state index in [1.54, 1.807) is 26.0 Å². The largest absolute Gasteiger partial charge is 0.493 e. The molecule has 0 heterocycles. The van der Waals surface area contributed by atoms with Crippen molar-refractivity contribution in [2.24, 2.45) is 11.0 Å². The van der Waals surface area contributed by atoms with Gasteiger partial charge in [0.1, 0.15) is 11.9 Å². The van der Waals surface area contributed by atoms with Crippen molar-refractivity contribution < 1.29 is 28.2 Å². The summed E-state index contributed by atoms with van der Waals surface area (Å²) >= 11 is 0. The van der Waals surface area contributed by atoms with Gasteiger partial charge in [0.2, 0.25) is 5.75 Å². The van der Waals surface area contributed by atoms with Gasteiger partial charge >= 0.3 is 0 Å². The fourth-order valence-electron chi connectivity index (χ4n) is 2.78. The van der Waals surface area contributed by atoms with E-state index in [1.807, 2.05) is 0 Å². The molecule has 0 aliphatic heterocycles. The lowest BCUT2D eigenvalue weighted by Crippen LogP contribution is -2.48. The third kappa shape index (κ3) is 6.18. The molecule has 0 fully saturated rings. The number of hydrazone groups is 1. The van der Waals surface area contributed by atoms with Crippen LogP contribution in [0.25, 0.3) is 0 Å². The summed E-state index contributed by atoms with van der Waals surface area (Å²) in [6.07, 6.45) is 1.42. The monoisotopic (exact) mass is 431 g/mol. The van der Waals surface area contributed by atoms with Crippen LogP contribution >= 0.6 is 0 Å². The van der Waals surface area contributed by atoms with Gasteiger partial charge in [-0.15, -0.1) is 0 Å². The second-order valence-corrected chi connectivity index (χ2v) is 6.89. The summed E-state index contributed by atoms with van der Waals surface area (Å²) < 4.78 is 28.9. The second kappa shape index (κ2) is 11.0. The SMILES string of the molecule is COc1cc(C=NNC(=O)C(NC(=O)c2ccc(F)cc2)C(C)C)cc(OC)c1OC. The number of benzene rings is 2. The highest BCUT2D eigenvalue weighted by Gasteiger charge is 2.24. The zero-order chi connectivity index (χ0) is 23.0. The first-order valence-corrected chi connectivity index (χ1v) is 9.50. The van der Waals surface area contributed by atoms with Crippen molar-refractivity contribution in [2.45, 2.75) is 19.9 Å². The lowest BCUT2D eigenvalue weighted by Gasteiger charge is -2.20. The fourth-order valence-corrected chi connectivity index (χ4v) is 2.78. The molecule has 2 aromatic carbocycles. The number of methoxy groups -OCH3 is 3. The molecule has 0 bridgehead atoms. The van der Waals surface area contributed by atoms with Crippen LogP contribution in [-0.2, 0) is 4.79 Å². The van der Waals surface area contributed by atoms with Crippen LogP contribution in [0.2, 0.25) is 0 Å². The molecular formula is C22H26FN3O5. The van der Waals surface area contributed by atoms with Gasteiger partial charge in [-0.25, -0.2) is 9.82 Å². The second-order valence-electron chi connectivity index (χ2n) is 6.89. The minimum atomic E-state index is -0.838. The Balaban J connectivity index is 2.10. The van der Waals surface area contributed by atoms with E-state index in [0.717, 1.165) is 0 Å². The number of nitrogens with zero attached hydrogens (tertiary/aromatic N) is 1. The molecule has 8 nitrogen and oxygen atoms in total. The molecule has 2 rings (SSSR count). The molecule has 0 saturated heterocycles. The summed E-state index contributed by atoms with van der Waals surface area (Å²) in [6.45, 7) is 3.58. The van der Waals surface area contributed by atoms with Crippen LogP contribution in [0.1, 0.15) is 29.8 Å². The number of carbonyl (C=O) groups excluding carboxylic acids is 2. The van der Waals surface area contributed by atoms with Gasteiger partial charge in [0.05, 0.1) is 27.5 Å². The molecule has 0 radical (unpaired) electrons. The maximum atomic E-state index is 13.1. The topological polar surface area (TPSA) is 98.2 Å². The van der Waals surface area contributed by atoms with Crippen LogP contribution in [0.4, 0.5) is 4.39 Å². The van der Waals surface area contributed by atoms with E-state index < -0.39 is 23.7 Å². The van der Waals surface area contributed by atoms with Crippen LogP contribution in [0.15, 0.2) is 41.5 Å². The standard InChI is InChI=1S/C22H26FN3O5/c1-13(2)19(25-21(27)15-6-8-16(23)9-7-15)22(28)26-24-12-14-10-17(29-3)20(31-5)18(11-14)30-4/h6-13,19H,1-5H3,(H,25,27)(H,26,28). The Kier molecular flexibility index (Phi) is 8.36. The van der Waals surface area contributed by atoms with Crippen LogP contribution in [0.5, 0.6) is 17.2 Å². The van der Waals surface area contributed by atoms with Gasteiger partial charge in [-0.2, -0.15) is 5.10 Å². The first-order valence-electron chi connectivity index (χ1n) is 9.50. The highest BCUT2D eigenvalue weighted by Crippen LogP contribution is 2.37. The predicted molar refractivity (Wildman–Crippen MR) is 114 cm³/mol. The Bertz CT molecular complexity index is 920. The van der Waals surface area contributed by atoms with Gasteiger partial charge in [-0.3, -0.25) is 9.59 Å². The Hall–Kier alpha value is -3.62. The smallest absolute Gasteiger partial charge is 0.262 e. The molecule has 0 spiro atoms. The normalized spacial score (nSPS) is 11.8. The molecule has 0 aromatic heterocycles. The molecule has 0 aliphatic carbocycles. The van der Waals surface area contributed by atoms with E-state index in [-0.39, 0.29) is 11.5 Å². The quantitative estimate of drug-likeness (QED) is 0.470. The summed E-state index contributed by atoms with van der Waals surface area (Å²) in [5.74, 6) is -0.301. The first kappa shape index (κ1) is 23.7. The van der Waals surface area contributed by atoms with Crippen molar-refractivity contribution in [3.63, 3.8) is 0 Å². The van der Waals surface area contributed by atoms with Crippen molar-refractivity contribution in [3.8, 4) is 17.2 Å². The van der Waals surface area contributed by atoms with E-state index in [2.05, 4.69) is 15.8 Å². The number of amides is 2. The Morgan fingerprint density at radius 3 is 2.06 bits per heavy atom. The maximum Gasteiger partial charge on any atom is 0.262 e. The number of hydrogen-bond donors (Lipinski definition) is 2. The molecule has 1 unspecified atom stereocenters. The summed E-state index contributed by atoms with van der Waals surface area (Å²) in [5, 5.41) is 6.61. The van der Waals surface area contributed by atoms with Gasteiger partial charge < -0.3 is 19.5 Å². The minimum absolute atomic E-state index is 0.208. The zero-order valence-corrected chi connectivity index (χ0v) is 18.1. The molecule has 9 heteroatoms. The van der Waals surface area contributed by atoms with Gasteiger partial charge in [0.25, 0.3) is 11.8 Å². The molecule has 2 N–H and O–H groups in total. The predicted octanol–water partition coefficient (Wildman–Crippen LogP) is 2.76. The van der Waals surface area contributed by atoms with Crippen LogP contribution in [-0.4, -0.2) is 45.4 Å². The average molecular weight is 431 g/mol. The highest BCUT2D eigenvalue weighted by molar-refractivity contribution is 5.97. The summed E-state index contributed by atoms with van der Waals surface area (Å²) in [4.78, 5) is 25.0. The molecule has 2 amide bonds. The molecule has 1 atom stereocenters. The Morgan fingerprint density at radius 2 is 1.58 bits per heavy atom. The number of rotatable bonds is 9. The van der Waals surface area contributed by atoms with Crippen molar-refractivity contribution in [1.29, 1.82) is 0 Å². The Labute approximate surface area is 180 Å². The number of nitrogens with one attached hydrogen (secondary N) is 2. The number of hydrogen-bond acceptors (Lipinski definition) is 6. The first-order chi connectivity index (χ1) is 14.8. The number of halogens is 1. The molecule has 0 saturated carbocycles. The van der Waals surface area contributed by atoms with Crippen molar-refractivity contribution in [2.75, 3.05) is 21.3 Å². The number of ether oxygens (including phenoxy) is 3. The Morgan fingerprint density at radius 1 is 1.00 bits per heavy atom. The molecule has 0 aliphatic rings. The zero-order valence-electron chi connectivity index (χ0n) is 18.1. The minimum Gasteiger partial charge on any atom is -0.493 e. The van der Waals surface area contributed by atoms with E-state index in [4.69, 9.17) is 14.2 Å². The molecule has 31 heavy (non-hydrogen) atoms. The van der Waals surface area contributed by atoms with E-state index in [1.165, 1.54) is 51.8 Å². The van der Waals surface area contributed by atoms with Gasteiger partial charge in [0, 0.05) is 11.1 Å². The lowest BCUT2D eigenvalue weighted by molar-refractivity contribution is -0.123. The summed E-state index contributed by atoms with van der Waals surface area (Å²) in [6, 6.07) is 7.57. The van der Waals surface area contributed by atoms with E-state index >= 15 is 0 Å². The fraction of sp³-hybridized carbons (Fsp3) is 0.318. The average Bonchev–Trinajstić information content (AvgIpc) is 2.76. The number of carbonyl (C=O) groups is 2. The van der Waals surface area contributed by atoms with Gasteiger partial charge in [0.15, 0.2) is 11.5 Å². The van der Waals surface area contributed by atoms with Crippen molar-refractivity contribution >= 4 is 18.0 Å². The lowest BCUT2D eigenvalue weighted by atomic mass is 10.0. The maximum absolute atomic E-state index is 13.1. The van der Waals surface area contributed by atoms with Gasteiger partial charge in [-0.1, -0.05) is 13.8 Å². The molecule has 2 aromatic rings.